The normalized spacial score (nSPS) is 16.6. The van der Waals surface area contributed by atoms with E-state index in [0.29, 0.717) is 17.2 Å². The van der Waals surface area contributed by atoms with Gasteiger partial charge in [-0.3, -0.25) is 0 Å². The molecule has 0 amide bonds. The molecule has 5 nitrogen and oxygen atoms in total. The van der Waals surface area contributed by atoms with Crippen LogP contribution in [0.15, 0.2) is 48.5 Å². The van der Waals surface area contributed by atoms with Gasteiger partial charge in [0, 0.05) is 29.4 Å². The standard InChI is InChI=1S/C23H23ClN2O3S/c1-15-21(30-22(25-15)16-7-9-18(24)10-8-16)14-29-20-6-3-11-26(13-20)19-5-2-4-17(12-19)23(27)28/h2,4-5,7-10,12,20H,3,6,11,13-14H2,1H3,(H,27,28)/t20-/m0/s1. The van der Waals surface area contributed by atoms with Gasteiger partial charge in [0.1, 0.15) is 5.01 Å². The van der Waals surface area contributed by atoms with Gasteiger partial charge >= 0.3 is 5.97 Å². The zero-order valence-corrected chi connectivity index (χ0v) is 18.2. The molecule has 1 atom stereocenters. The molecule has 1 aromatic heterocycles. The zero-order valence-electron chi connectivity index (χ0n) is 16.7. The molecule has 0 spiro atoms. The monoisotopic (exact) mass is 442 g/mol. The summed E-state index contributed by atoms with van der Waals surface area (Å²) >= 11 is 7.63. The van der Waals surface area contributed by atoms with Gasteiger partial charge in [0.15, 0.2) is 0 Å². The largest absolute Gasteiger partial charge is 0.478 e. The van der Waals surface area contributed by atoms with Crippen LogP contribution >= 0.6 is 22.9 Å². The molecule has 7 heteroatoms. The van der Waals surface area contributed by atoms with Gasteiger partial charge in [-0.05, 0) is 50.1 Å². The van der Waals surface area contributed by atoms with Crippen LogP contribution in [0.2, 0.25) is 5.02 Å². The molecule has 0 unspecified atom stereocenters. The fourth-order valence-corrected chi connectivity index (χ4v) is 4.73. The molecular weight excluding hydrogens is 420 g/mol. The van der Waals surface area contributed by atoms with E-state index >= 15 is 0 Å². The summed E-state index contributed by atoms with van der Waals surface area (Å²) in [5.41, 5.74) is 3.29. The number of rotatable bonds is 6. The van der Waals surface area contributed by atoms with Crippen LogP contribution in [0.25, 0.3) is 10.6 Å². The van der Waals surface area contributed by atoms with Crippen LogP contribution in [0.3, 0.4) is 0 Å². The summed E-state index contributed by atoms with van der Waals surface area (Å²) in [5.74, 6) is -0.904. The molecule has 0 bridgehead atoms. The average molecular weight is 443 g/mol. The number of hydrogen-bond acceptors (Lipinski definition) is 5. The predicted octanol–water partition coefficient (Wildman–Crippen LogP) is 5.66. The molecular formula is C23H23ClN2O3S. The average Bonchev–Trinajstić information content (AvgIpc) is 3.13. The number of aromatic nitrogens is 1. The summed E-state index contributed by atoms with van der Waals surface area (Å²) in [4.78, 5) is 19.3. The van der Waals surface area contributed by atoms with E-state index in [1.54, 1.807) is 29.5 Å². The summed E-state index contributed by atoms with van der Waals surface area (Å²) in [6, 6.07) is 14.8. The van der Waals surface area contributed by atoms with E-state index in [9.17, 15) is 9.90 Å². The van der Waals surface area contributed by atoms with Crippen molar-refractivity contribution in [3.8, 4) is 10.6 Å². The number of anilines is 1. The molecule has 3 aromatic rings. The third-order valence-corrected chi connectivity index (χ3v) is 6.70. The van der Waals surface area contributed by atoms with E-state index < -0.39 is 5.97 Å². The van der Waals surface area contributed by atoms with Crippen molar-refractivity contribution in [3.63, 3.8) is 0 Å². The van der Waals surface area contributed by atoms with Gasteiger partial charge in [0.05, 0.1) is 28.8 Å². The maximum Gasteiger partial charge on any atom is 0.335 e. The van der Waals surface area contributed by atoms with Crippen molar-refractivity contribution in [1.82, 2.24) is 4.98 Å². The Morgan fingerprint density at radius 1 is 1.30 bits per heavy atom. The number of aryl methyl sites for hydroxylation is 1. The molecule has 1 aliphatic rings. The van der Waals surface area contributed by atoms with Crippen LogP contribution in [0, 0.1) is 6.92 Å². The Hall–Kier alpha value is -2.41. The molecule has 0 radical (unpaired) electrons. The number of piperidine rings is 1. The number of hydrogen-bond donors (Lipinski definition) is 1. The lowest BCUT2D eigenvalue weighted by atomic mass is 10.1. The number of nitrogens with zero attached hydrogens (tertiary/aromatic N) is 2. The molecule has 156 valence electrons. The first-order valence-corrected chi connectivity index (χ1v) is 11.1. The van der Waals surface area contributed by atoms with E-state index in [-0.39, 0.29) is 6.10 Å². The summed E-state index contributed by atoms with van der Waals surface area (Å²) < 4.78 is 6.24. The van der Waals surface area contributed by atoms with Crippen LogP contribution in [-0.2, 0) is 11.3 Å². The lowest BCUT2D eigenvalue weighted by Gasteiger charge is -2.34. The lowest BCUT2D eigenvalue weighted by molar-refractivity contribution is 0.0327. The van der Waals surface area contributed by atoms with Crippen LogP contribution in [0.5, 0.6) is 0 Å². The maximum atomic E-state index is 11.3. The van der Waals surface area contributed by atoms with Crippen LogP contribution in [0.1, 0.15) is 33.8 Å². The Balaban J connectivity index is 1.40. The summed E-state index contributed by atoms with van der Waals surface area (Å²) in [5, 5.41) is 10.9. The summed E-state index contributed by atoms with van der Waals surface area (Å²) in [6.45, 7) is 4.21. The molecule has 4 rings (SSSR count). The Morgan fingerprint density at radius 3 is 2.87 bits per heavy atom. The summed E-state index contributed by atoms with van der Waals surface area (Å²) in [7, 11) is 0. The minimum atomic E-state index is -0.904. The zero-order chi connectivity index (χ0) is 21.1. The molecule has 1 saturated heterocycles. The number of thiazole rings is 1. The van der Waals surface area contributed by atoms with E-state index in [2.05, 4.69) is 4.90 Å². The molecule has 0 saturated carbocycles. The molecule has 30 heavy (non-hydrogen) atoms. The van der Waals surface area contributed by atoms with Crippen molar-refractivity contribution in [1.29, 1.82) is 0 Å². The first-order valence-electron chi connectivity index (χ1n) is 9.92. The van der Waals surface area contributed by atoms with Gasteiger partial charge in [0.25, 0.3) is 0 Å². The van der Waals surface area contributed by atoms with Crippen molar-refractivity contribution < 1.29 is 14.6 Å². The van der Waals surface area contributed by atoms with Gasteiger partial charge in [-0.2, -0.15) is 0 Å². The second kappa shape index (κ2) is 9.16. The van der Waals surface area contributed by atoms with Crippen molar-refractivity contribution in [2.45, 2.75) is 32.5 Å². The van der Waals surface area contributed by atoms with Gasteiger partial charge in [-0.25, -0.2) is 9.78 Å². The number of aromatic carboxylic acids is 1. The highest BCUT2D eigenvalue weighted by atomic mass is 35.5. The van der Waals surface area contributed by atoms with E-state index in [1.807, 2.05) is 37.3 Å². The molecule has 0 aliphatic carbocycles. The molecule has 2 heterocycles. The SMILES string of the molecule is Cc1nc(-c2ccc(Cl)cc2)sc1CO[C@H]1CCCN(c2cccc(C(=O)O)c2)C1. The van der Waals surface area contributed by atoms with Crippen LogP contribution < -0.4 is 4.90 Å². The number of halogens is 1. The highest BCUT2D eigenvalue weighted by molar-refractivity contribution is 7.15. The highest BCUT2D eigenvalue weighted by Crippen LogP contribution is 2.30. The smallest absolute Gasteiger partial charge is 0.335 e. The van der Waals surface area contributed by atoms with Crippen molar-refractivity contribution in [3.05, 3.63) is 69.7 Å². The second-order valence-electron chi connectivity index (χ2n) is 7.41. The van der Waals surface area contributed by atoms with Gasteiger partial charge in [-0.15, -0.1) is 11.3 Å². The number of carboxylic acid groups (broad SMARTS) is 1. The van der Waals surface area contributed by atoms with E-state index in [1.165, 1.54) is 0 Å². The predicted molar refractivity (Wildman–Crippen MR) is 121 cm³/mol. The first kappa shape index (κ1) is 20.8. The van der Waals surface area contributed by atoms with E-state index in [0.717, 1.165) is 52.8 Å². The number of ether oxygens (including phenoxy) is 1. The van der Waals surface area contributed by atoms with Crippen molar-refractivity contribution in [2.24, 2.45) is 0 Å². The third kappa shape index (κ3) is 4.83. The minimum Gasteiger partial charge on any atom is -0.478 e. The number of carbonyl (C=O) groups is 1. The van der Waals surface area contributed by atoms with Gasteiger partial charge in [0.2, 0.25) is 0 Å². The van der Waals surface area contributed by atoms with Crippen LogP contribution in [0.4, 0.5) is 5.69 Å². The van der Waals surface area contributed by atoms with Crippen LogP contribution in [-0.4, -0.2) is 35.3 Å². The third-order valence-electron chi connectivity index (χ3n) is 5.27. The topological polar surface area (TPSA) is 62.7 Å². The summed E-state index contributed by atoms with van der Waals surface area (Å²) in [6.07, 6.45) is 2.11. The van der Waals surface area contributed by atoms with Crippen molar-refractivity contribution >= 4 is 34.6 Å². The fourth-order valence-electron chi connectivity index (χ4n) is 3.62. The second-order valence-corrected chi connectivity index (χ2v) is 8.93. The Labute approximate surface area is 184 Å². The number of carboxylic acids is 1. The Morgan fingerprint density at radius 2 is 2.10 bits per heavy atom. The van der Waals surface area contributed by atoms with Gasteiger partial charge < -0.3 is 14.7 Å². The van der Waals surface area contributed by atoms with Crippen molar-refractivity contribution in [2.75, 3.05) is 18.0 Å². The number of benzene rings is 2. The molecule has 1 fully saturated rings. The highest BCUT2D eigenvalue weighted by Gasteiger charge is 2.22. The Bertz CT molecular complexity index is 1040. The molecule has 1 aliphatic heterocycles. The first-order chi connectivity index (χ1) is 14.5. The quantitative estimate of drug-likeness (QED) is 0.534. The molecule has 1 N–H and O–H groups in total. The van der Waals surface area contributed by atoms with Gasteiger partial charge in [-0.1, -0.05) is 29.8 Å². The minimum absolute atomic E-state index is 0.104. The fraction of sp³-hybridized carbons (Fsp3) is 0.304. The molecule has 2 aromatic carbocycles. The van der Waals surface area contributed by atoms with E-state index in [4.69, 9.17) is 21.3 Å². The Kier molecular flexibility index (Phi) is 6.37. The maximum absolute atomic E-state index is 11.3. The lowest BCUT2D eigenvalue weighted by Crippen LogP contribution is -2.39.